The van der Waals surface area contributed by atoms with E-state index in [1.807, 2.05) is 18.2 Å². The monoisotopic (exact) mass is 293 g/mol. The Labute approximate surface area is 124 Å². The summed E-state index contributed by atoms with van der Waals surface area (Å²) in [5.41, 5.74) is 6.98. The Morgan fingerprint density at radius 3 is 2.90 bits per heavy atom. The lowest BCUT2D eigenvalue weighted by molar-refractivity contribution is 0.333. The number of ether oxygens (including phenoxy) is 1. The Morgan fingerprint density at radius 2 is 2.10 bits per heavy atom. The number of nitrogens with two attached hydrogens (primary N) is 1. The summed E-state index contributed by atoms with van der Waals surface area (Å²) >= 11 is 6.23. The van der Waals surface area contributed by atoms with E-state index >= 15 is 0 Å². The number of fused-ring (bicyclic) bond motifs is 1. The summed E-state index contributed by atoms with van der Waals surface area (Å²) in [6.07, 6.45) is 6.22. The lowest BCUT2D eigenvalue weighted by Gasteiger charge is -2.23. The summed E-state index contributed by atoms with van der Waals surface area (Å²) in [5.74, 6) is 1.31. The zero-order chi connectivity index (χ0) is 13.9. The third-order valence-corrected chi connectivity index (χ3v) is 4.32. The molecule has 5 heteroatoms. The molecule has 0 amide bonds. The summed E-state index contributed by atoms with van der Waals surface area (Å²) in [5, 5.41) is 4.02. The number of nitrogens with zero attached hydrogens (tertiary/aromatic N) is 1. The number of benzene rings is 1. The standard InChI is InChI=1S/C15H20ClN3O/c16-11-7-4-8-13-14(11)12(9-20-13)19-15(17)18-10-5-2-1-3-6-10/h4,7-8,10,12H,1-3,5-6,9H2,(H3,17,18,19). The van der Waals surface area contributed by atoms with Gasteiger partial charge in [-0.2, -0.15) is 0 Å². The Kier molecular flexibility index (Phi) is 4.01. The fraction of sp³-hybridized carbons (Fsp3) is 0.533. The van der Waals surface area contributed by atoms with Crippen molar-refractivity contribution in [2.45, 2.75) is 44.2 Å². The molecule has 0 spiro atoms. The molecule has 1 aliphatic carbocycles. The van der Waals surface area contributed by atoms with E-state index in [9.17, 15) is 0 Å². The van der Waals surface area contributed by atoms with E-state index in [0.29, 0.717) is 23.6 Å². The average Bonchev–Trinajstić information content (AvgIpc) is 2.84. The van der Waals surface area contributed by atoms with E-state index in [0.717, 1.165) is 11.3 Å². The molecule has 3 N–H and O–H groups in total. The molecule has 0 aromatic heterocycles. The molecule has 4 nitrogen and oxygen atoms in total. The van der Waals surface area contributed by atoms with Gasteiger partial charge in [0.15, 0.2) is 5.96 Å². The van der Waals surface area contributed by atoms with Crippen LogP contribution in [0.1, 0.15) is 43.7 Å². The van der Waals surface area contributed by atoms with Gasteiger partial charge in [0.2, 0.25) is 0 Å². The SMILES string of the molecule is NC(=NC1COc2cccc(Cl)c21)NC1CCCCC1. The molecule has 0 radical (unpaired) electrons. The number of aliphatic imine (C=N–C) groups is 1. The Morgan fingerprint density at radius 1 is 1.30 bits per heavy atom. The zero-order valence-electron chi connectivity index (χ0n) is 11.4. The maximum atomic E-state index is 6.23. The second-order valence-corrected chi connectivity index (χ2v) is 5.88. The molecular formula is C15H20ClN3O. The highest BCUT2D eigenvalue weighted by Crippen LogP contribution is 2.39. The minimum absolute atomic E-state index is 0.102. The molecule has 1 unspecified atom stereocenters. The number of halogens is 1. The van der Waals surface area contributed by atoms with E-state index in [-0.39, 0.29) is 6.04 Å². The summed E-state index contributed by atoms with van der Waals surface area (Å²) in [6, 6.07) is 6.02. The van der Waals surface area contributed by atoms with Crippen molar-refractivity contribution in [2.24, 2.45) is 10.7 Å². The fourth-order valence-electron chi connectivity index (χ4n) is 2.98. The van der Waals surface area contributed by atoms with Gasteiger partial charge in [-0.1, -0.05) is 36.9 Å². The number of guanidine groups is 1. The van der Waals surface area contributed by atoms with Gasteiger partial charge < -0.3 is 15.8 Å². The largest absolute Gasteiger partial charge is 0.491 e. The Hall–Kier alpha value is -1.42. The van der Waals surface area contributed by atoms with E-state index < -0.39 is 0 Å². The molecule has 1 fully saturated rings. The van der Waals surface area contributed by atoms with Crippen LogP contribution in [0.15, 0.2) is 23.2 Å². The molecule has 1 atom stereocenters. The first-order chi connectivity index (χ1) is 9.74. The van der Waals surface area contributed by atoms with Crippen LogP contribution in [0.2, 0.25) is 5.02 Å². The van der Waals surface area contributed by atoms with Crippen molar-refractivity contribution < 1.29 is 4.74 Å². The minimum atomic E-state index is -0.102. The van der Waals surface area contributed by atoms with Crippen molar-refractivity contribution in [3.8, 4) is 5.75 Å². The van der Waals surface area contributed by atoms with Crippen molar-refractivity contribution in [3.63, 3.8) is 0 Å². The molecule has 1 saturated carbocycles. The molecule has 1 aromatic rings. The maximum absolute atomic E-state index is 6.23. The highest BCUT2D eigenvalue weighted by molar-refractivity contribution is 6.31. The first kappa shape index (κ1) is 13.6. The van der Waals surface area contributed by atoms with Gasteiger partial charge in [-0.05, 0) is 25.0 Å². The quantitative estimate of drug-likeness (QED) is 0.651. The first-order valence-corrected chi connectivity index (χ1v) is 7.63. The predicted molar refractivity (Wildman–Crippen MR) is 81.3 cm³/mol. The van der Waals surface area contributed by atoms with Crippen LogP contribution < -0.4 is 15.8 Å². The third kappa shape index (κ3) is 2.85. The smallest absolute Gasteiger partial charge is 0.189 e. The Bertz CT molecular complexity index is 512. The topological polar surface area (TPSA) is 59.6 Å². The molecule has 0 saturated heterocycles. The summed E-state index contributed by atoms with van der Waals surface area (Å²) in [4.78, 5) is 4.55. The summed E-state index contributed by atoms with van der Waals surface area (Å²) in [7, 11) is 0. The van der Waals surface area contributed by atoms with Gasteiger partial charge in [-0.3, -0.25) is 0 Å². The van der Waals surface area contributed by atoms with Crippen LogP contribution in [0, 0.1) is 0 Å². The van der Waals surface area contributed by atoms with Crippen molar-refractivity contribution in [1.82, 2.24) is 5.32 Å². The highest BCUT2D eigenvalue weighted by Gasteiger charge is 2.26. The molecule has 108 valence electrons. The Balaban J connectivity index is 1.70. The van der Waals surface area contributed by atoms with Crippen molar-refractivity contribution >= 4 is 17.6 Å². The second-order valence-electron chi connectivity index (χ2n) is 5.47. The first-order valence-electron chi connectivity index (χ1n) is 7.25. The maximum Gasteiger partial charge on any atom is 0.189 e. The zero-order valence-corrected chi connectivity index (χ0v) is 12.2. The average molecular weight is 294 g/mol. The van der Waals surface area contributed by atoms with Crippen molar-refractivity contribution in [1.29, 1.82) is 0 Å². The lowest BCUT2D eigenvalue weighted by Crippen LogP contribution is -2.41. The van der Waals surface area contributed by atoms with Crippen LogP contribution in [0.5, 0.6) is 5.75 Å². The molecule has 3 rings (SSSR count). The summed E-state index contributed by atoms with van der Waals surface area (Å²) in [6.45, 7) is 0.506. The van der Waals surface area contributed by atoms with E-state index in [1.165, 1.54) is 32.1 Å². The van der Waals surface area contributed by atoms with Crippen molar-refractivity contribution in [2.75, 3.05) is 6.61 Å². The molecule has 1 aliphatic heterocycles. The van der Waals surface area contributed by atoms with E-state index in [4.69, 9.17) is 22.1 Å². The number of nitrogens with one attached hydrogen (secondary N) is 1. The van der Waals surface area contributed by atoms with Crippen LogP contribution in [0.25, 0.3) is 0 Å². The van der Waals surface area contributed by atoms with Gasteiger partial charge in [-0.15, -0.1) is 0 Å². The molecule has 1 aromatic carbocycles. The third-order valence-electron chi connectivity index (χ3n) is 3.99. The van der Waals surface area contributed by atoms with Gasteiger partial charge in [0, 0.05) is 16.6 Å². The number of hydrogen-bond donors (Lipinski definition) is 2. The van der Waals surface area contributed by atoms with Crippen LogP contribution in [0.3, 0.4) is 0 Å². The molecule has 2 aliphatic rings. The van der Waals surface area contributed by atoms with Crippen molar-refractivity contribution in [3.05, 3.63) is 28.8 Å². The number of hydrogen-bond acceptors (Lipinski definition) is 2. The number of rotatable bonds is 2. The highest BCUT2D eigenvalue weighted by atomic mass is 35.5. The lowest BCUT2D eigenvalue weighted by atomic mass is 9.96. The normalized spacial score (nSPS) is 23.2. The summed E-state index contributed by atoms with van der Waals surface area (Å²) < 4.78 is 5.61. The van der Waals surface area contributed by atoms with Crippen LogP contribution in [-0.4, -0.2) is 18.6 Å². The van der Waals surface area contributed by atoms with Gasteiger partial charge in [0.05, 0.1) is 0 Å². The molecule has 0 bridgehead atoms. The van der Waals surface area contributed by atoms with E-state index in [1.54, 1.807) is 0 Å². The van der Waals surface area contributed by atoms with Crippen LogP contribution in [0.4, 0.5) is 0 Å². The van der Waals surface area contributed by atoms with Crippen LogP contribution >= 0.6 is 11.6 Å². The van der Waals surface area contributed by atoms with Gasteiger partial charge in [0.1, 0.15) is 18.4 Å². The fourth-order valence-corrected chi connectivity index (χ4v) is 3.27. The van der Waals surface area contributed by atoms with Gasteiger partial charge >= 0.3 is 0 Å². The molecular weight excluding hydrogens is 274 g/mol. The van der Waals surface area contributed by atoms with Crippen LogP contribution in [-0.2, 0) is 0 Å². The van der Waals surface area contributed by atoms with Gasteiger partial charge in [-0.25, -0.2) is 4.99 Å². The minimum Gasteiger partial charge on any atom is -0.491 e. The van der Waals surface area contributed by atoms with E-state index in [2.05, 4.69) is 10.3 Å². The molecule has 1 heterocycles. The predicted octanol–water partition coefficient (Wildman–Crippen LogP) is 3.01. The molecule has 20 heavy (non-hydrogen) atoms. The second kappa shape index (κ2) is 5.92. The van der Waals surface area contributed by atoms with Gasteiger partial charge in [0.25, 0.3) is 0 Å².